The van der Waals surface area contributed by atoms with Gasteiger partial charge >= 0.3 is 12.1 Å². The highest BCUT2D eigenvalue weighted by molar-refractivity contribution is 5.68. The number of amides is 1. The van der Waals surface area contributed by atoms with Crippen molar-refractivity contribution in [3.8, 4) is 0 Å². The van der Waals surface area contributed by atoms with Crippen LogP contribution in [0.1, 0.15) is 33.6 Å². The number of aryl methyl sites for hydroxylation is 1. The Bertz CT molecular complexity index is 480. The second kappa shape index (κ2) is 5.30. The van der Waals surface area contributed by atoms with Gasteiger partial charge in [0.1, 0.15) is 5.60 Å². The normalized spacial score (nSPS) is 20.1. The molecule has 20 heavy (non-hydrogen) atoms. The second-order valence-electron chi connectivity index (χ2n) is 6.07. The van der Waals surface area contributed by atoms with Crippen LogP contribution in [0.15, 0.2) is 4.42 Å². The Morgan fingerprint density at radius 3 is 2.55 bits per heavy atom. The summed E-state index contributed by atoms with van der Waals surface area (Å²) < 4.78 is 10.8. The quantitative estimate of drug-likeness (QED) is 0.782. The summed E-state index contributed by atoms with van der Waals surface area (Å²) in [5.41, 5.74) is -0.471. The van der Waals surface area contributed by atoms with Gasteiger partial charge in [-0.2, -0.15) is 0 Å². The van der Waals surface area contributed by atoms with E-state index in [-0.39, 0.29) is 12.1 Å². The van der Waals surface area contributed by atoms with Crippen molar-refractivity contribution in [1.82, 2.24) is 15.1 Å². The molecule has 1 saturated heterocycles. The molecule has 1 aromatic rings. The Hall–Kier alpha value is -1.79. The Balaban J connectivity index is 1.97. The lowest BCUT2D eigenvalue weighted by Crippen LogP contribution is -2.54. The molecule has 0 unspecified atom stereocenters. The molecule has 0 spiro atoms. The molecule has 0 aliphatic carbocycles. The molecule has 0 aromatic carbocycles. The minimum Gasteiger partial charge on any atom is -0.444 e. The largest absolute Gasteiger partial charge is 0.444 e. The van der Waals surface area contributed by atoms with Crippen molar-refractivity contribution in [2.24, 2.45) is 0 Å². The van der Waals surface area contributed by atoms with E-state index < -0.39 is 5.60 Å². The number of piperazine rings is 1. The molecule has 0 bridgehead atoms. The first-order chi connectivity index (χ1) is 9.26. The van der Waals surface area contributed by atoms with Gasteiger partial charge in [0.25, 0.3) is 0 Å². The maximum atomic E-state index is 12.0. The molecule has 7 heteroatoms. The van der Waals surface area contributed by atoms with Gasteiger partial charge in [-0.25, -0.2) is 4.79 Å². The molecule has 112 valence electrons. The van der Waals surface area contributed by atoms with Crippen molar-refractivity contribution in [2.75, 3.05) is 24.5 Å². The fraction of sp³-hybridized carbons (Fsp3) is 0.769. The number of hydrogen-bond donors (Lipinski definition) is 0. The highest BCUT2D eigenvalue weighted by atomic mass is 16.6. The molecule has 1 fully saturated rings. The zero-order chi connectivity index (χ0) is 14.9. The highest BCUT2D eigenvalue weighted by Gasteiger charge is 2.31. The number of hydrogen-bond acceptors (Lipinski definition) is 6. The molecule has 1 aliphatic heterocycles. The van der Waals surface area contributed by atoms with Gasteiger partial charge in [-0.15, -0.1) is 5.10 Å². The summed E-state index contributed by atoms with van der Waals surface area (Å²) in [6.45, 7) is 11.2. The molecule has 1 aliphatic rings. The zero-order valence-electron chi connectivity index (χ0n) is 12.7. The van der Waals surface area contributed by atoms with E-state index in [4.69, 9.17) is 9.15 Å². The standard InChI is InChI=1S/C13H22N4O3/c1-9-8-16(12(18)20-13(3,4)5)6-7-17(9)11-15-14-10(2)19-11/h9H,6-8H2,1-5H3/t9-/m0/s1. The van der Waals surface area contributed by atoms with Crippen molar-refractivity contribution in [3.63, 3.8) is 0 Å². The molecule has 1 amide bonds. The highest BCUT2D eigenvalue weighted by Crippen LogP contribution is 2.20. The van der Waals surface area contributed by atoms with Gasteiger partial charge < -0.3 is 19.0 Å². The summed E-state index contributed by atoms with van der Waals surface area (Å²) in [6.07, 6.45) is -0.272. The monoisotopic (exact) mass is 282 g/mol. The second-order valence-corrected chi connectivity index (χ2v) is 6.07. The van der Waals surface area contributed by atoms with Gasteiger partial charge in [0.15, 0.2) is 0 Å². The van der Waals surface area contributed by atoms with Gasteiger partial charge in [-0.1, -0.05) is 5.10 Å². The van der Waals surface area contributed by atoms with Crippen LogP contribution >= 0.6 is 0 Å². The fourth-order valence-corrected chi connectivity index (χ4v) is 2.14. The lowest BCUT2D eigenvalue weighted by Gasteiger charge is -2.39. The molecule has 7 nitrogen and oxygen atoms in total. The summed E-state index contributed by atoms with van der Waals surface area (Å²) in [7, 11) is 0. The van der Waals surface area contributed by atoms with E-state index in [1.54, 1.807) is 11.8 Å². The zero-order valence-corrected chi connectivity index (χ0v) is 12.7. The Morgan fingerprint density at radius 1 is 1.35 bits per heavy atom. The van der Waals surface area contributed by atoms with Crippen LogP contribution in [-0.2, 0) is 4.74 Å². The summed E-state index contributed by atoms with van der Waals surface area (Å²) in [4.78, 5) is 15.8. The number of aromatic nitrogens is 2. The first kappa shape index (κ1) is 14.6. The van der Waals surface area contributed by atoms with Crippen LogP contribution in [0.25, 0.3) is 0 Å². The summed E-state index contributed by atoms with van der Waals surface area (Å²) >= 11 is 0. The van der Waals surface area contributed by atoms with E-state index in [1.807, 2.05) is 32.6 Å². The van der Waals surface area contributed by atoms with Gasteiger partial charge in [0.2, 0.25) is 5.89 Å². The average Bonchev–Trinajstić information content (AvgIpc) is 2.73. The fourth-order valence-electron chi connectivity index (χ4n) is 2.14. The Morgan fingerprint density at radius 2 is 2.05 bits per heavy atom. The van der Waals surface area contributed by atoms with E-state index >= 15 is 0 Å². The number of rotatable bonds is 1. The van der Waals surface area contributed by atoms with Crippen LogP contribution in [0.5, 0.6) is 0 Å². The minimum absolute atomic E-state index is 0.108. The van der Waals surface area contributed by atoms with Crippen molar-refractivity contribution in [2.45, 2.75) is 46.3 Å². The van der Waals surface area contributed by atoms with Crippen molar-refractivity contribution in [1.29, 1.82) is 0 Å². The summed E-state index contributed by atoms with van der Waals surface area (Å²) in [6, 6.07) is 0.620. The van der Waals surface area contributed by atoms with Crippen molar-refractivity contribution in [3.05, 3.63) is 5.89 Å². The van der Waals surface area contributed by atoms with Crippen LogP contribution in [-0.4, -0.2) is 52.5 Å². The number of carbonyl (C=O) groups excluding carboxylic acids is 1. The topological polar surface area (TPSA) is 71.7 Å². The lowest BCUT2D eigenvalue weighted by molar-refractivity contribution is 0.0216. The third kappa shape index (κ3) is 3.40. The third-order valence-corrected chi connectivity index (χ3v) is 3.04. The third-order valence-electron chi connectivity index (χ3n) is 3.04. The summed E-state index contributed by atoms with van der Waals surface area (Å²) in [5.74, 6) is 0.543. The Labute approximate surface area is 118 Å². The first-order valence-corrected chi connectivity index (χ1v) is 6.81. The number of carbonyl (C=O) groups is 1. The smallest absolute Gasteiger partial charge is 0.410 e. The molecule has 1 aromatic heterocycles. The molecule has 2 rings (SSSR count). The van der Waals surface area contributed by atoms with E-state index in [2.05, 4.69) is 10.2 Å². The van der Waals surface area contributed by atoms with Crippen molar-refractivity contribution >= 4 is 12.1 Å². The Kier molecular flexibility index (Phi) is 3.87. The van der Waals surface area contributed by atoms with Crippen LogP contribution in [0.3, 0.4) is 0 Å². The number of nitrogens with zero attached hydrogens (tertiary/aromatic N) is 4. The predicted molar refractivity (Wildman–Crippen MR) is 73.7 cm³/mol. The van der Waals surface area contributed by atoms with Gasteiger partial charge in [0, 0.05) is 32.6 Å². The maximum absolute atomic E-state index is 12.0. The van der Waals surface area contributed by atoms with Gasteiger partial charge in [-0.3, -0.25) is 0 Å². The van der Waals surface area contributed by atoms with Crippen LogP contribution in [0.2, 0.25) is 0 Å². The number of anilines is 1. The first-order valence-electron chi connectivity index (χ1n) is 6.81. The van der Waals surface area contributed by atoms with Gasteiger partial charge in [0.05, 0.1) is 0 Å². The van der Waals surface area contributed by atoms with Crippen molar-refractivity contribution < 1.29 is 13.9 Å². The molecular formula is C13H22N4O3. The maximum Gasteiger partial charge on any atom is 0.410 e. The predicted octanol–water partition coefficient (Wildman–Crippen LogP) is 1.82. The van der Waals surface area contributed by atoms with Crippen LogP contribution < -0.4 is 4.90 Å². The SMILES string of the molecule is Cc1nnc(N2CCN(C(=O)OC(C)(C)C)C[C@@H]2C)o1. The molecule has 0 saturated carbocycles. The average molecular weight is 282 g/mol. The van der Waals surface area contributed by atoms with E-state index in [9.17, 15) is 4.79 Å². The molecule has 2 heterocycles. The molecular weight excluding hydrogens is 260 g/mol. The molecule has 0 N–H and O–H groups in total. The number of ether oxygens (including phenoxy) is 1. The van der Waals surface area contributed by atoms with E-state index in [0.29, 0.717) is 31.5 Å². The van der Waals surface area contributed by atoms with E-state index in [1.165, 1.54) is 0 Å². The lowest BCUT2D eigenvalue weighted by atomic mass is 10.2. The minimum atomic E-state index is -0.471. The van der Waals surface area contributed by atoms with E-state index in [0.717, 1.165) is 0 Å². The summed E-state index contributed by atoms with van der Waals surface area (Å²) in [5, 5.41) is 7.86. The van der Waals surface area contributed by atoms with Crippen LogP contribution in [0.4, 0.5) is 10.8 Å². The van der Waals surface area contributed by atoms with Crippen LogP contribution in [0, 0.1) is 6.92 Å². The molecule has 0 radical (unpaired) electrons. The molecule has 1 atom stereocenters. The van der Waals surface area contributed by atoms with Gasteiger partial charge in [-0.05, 0) is 27.7 Å².